The van der Waals surface area contributed by atoms with E-state index < -0.39 is 11.8 Å². The van der Waals surface area contributed by atoms with Gasteiger partial charge in [0, 0.05) is 4.47 Å². The highest BCUT2D eigenvalue weighted by molar-refractivity contribution is 9.10. The lowest BCUT2D eigenvalue weighted by molar-refractivity contribution is -0.131. The number of benzene rings is 2. The Balaban J connectivity index is 1.73. The van der Waals surface area contributed by atoms with E-state index in [1.165, 1.54) is 0 Å². The van der Waals surface area contributed by atoms with Crippen molar-refractivity contribution in [1.82, 2.24) is 10.9 Å². The minimum atomic E-state index is -0.466. The predicted octanol–water partition coefficient (Wildman–Crippen LogP) is 3.57. The first-order valence-electron chi connectivity index (χ1n) is 8.67. The fourth-order valence-corrected chi connectivity index (χ4v) is 2.54. The molecule has 2 amide bonds. The SMILES string of the molecule is CCC(C)c1ccccc1OCC(=O)NNC(=O)COc1ccc(Br)cc1. The van der Waals surface area contributed by atoms with Gasteiger partial charge in [-0.15, -0.1) is 0 Å². The molecule has 0 aliphatic rings. The highest BCUT2D eigenvalue weighted by Crippen LogP contribution is 2.28. The topological polar surface area (TPSA) is 76.7 Å². The fourth-order valence-electron chi connectivity index (χ4n) is 2.27. The van der Waals surface area contributed by atoms with E-state index in [0.29, 0.717) is 17.4 Å². The van der Waals surface area contributed by atoms with Crippen molar-refractivity contribution >= 4 is 27.7 Å². The summed E-state index contributed by atoms with van der Waals surface area (Å²) in [6.07, 6.45) is 0.973. The van der Waals surface area contributed by atoms with Gasteiger partial charge in [0.15, 0.2) is 13.2 Å². The summed E-state index contributed by atoms with van der Waals surface area (Å²) in [7, 11) is 0. The number of para-hydroxylation sites is 1. The molecule has 144 valence electrons. The van der Waals surface area contributed by atoms with E-state index in [1.807, 2.05) is 36.4 Å². The van der Waals surface area contributed by atoms with Crippen molar-refractivity contribution in [2.45, 2.75) is 26.2 Å². The van der Waals surface area contributed by atoms with Gasteiger partial charge in [0.2, 0.25) is 0 Å². The number of carbonyl (C=O) groups excluding carboxylic acids is 2. The molecule has 2 aromatic rings. The van der Waals surface area contributed by atoms with Gasteiger partial charge in [-0.3, -0.25) is 20.4 Å². The van der Waals surface area contributed by atoms with Crippen LogP contribution in [0, 0.1) is 0 Å². The minimum absolute atomic E-state index is 0.193. The molecule has 0 saturated heterocycles. The smallest absolute Gasteiger partial charge is 0.276 e. The van der Waals surface area contributed by atoms with E-state index >= 15 is 0 Å². The molecule has 0 fully saturated rings. The van der Waals surface area contributed by atoms with E-state index in [1.54, 1.807) is 12.1 Å². The number of amides is 2. The van der Waals surface area contributed by atoms with Crippen LogP contribution in [0.5, 0.6) is 11.5 Å². The van der Waals surface area contributed by atoms with Crippen molar-refractivity contribution in [2.24, 2.45) is 0 Å². The monoisotopic (exact) mass is 434 g/mol. The lowest BCUT2D eigenvalue weighted by atomic mass is 9.98. The molecule has 0 spiro atoms. The second-order valence-corrected chi connectivity index (χ2v) is 6.89. The standard InChI is InChI=1S/C20H23BrN2O4/c1-3-14(2)17-6-4-5-7-18(17)27-13-20(25)23-22-19(24)12-26-16-10-8-15(21)9-11-16/h4-11,14H,3,12-13H2,1-2H3,(H,22,24)(H,23,25). The highest BCUT2D eigenvalue weighted by Gasteiger charge is 2.11. The quantitative estimate of drug-likeness (QED) is 0.622. The summed E-state index contributed by atoms with van der Waals surface area (Å²) in [6.45, 7) is 3.80. The molecule has 0 radical (unpaired) electrons. The van der Waals surface area contributed by atoms with Gasteiger partial charge in [-0.2, -0.15) is 0 Å². The zero-order valence-electron chi connectivity index (χ0n) is 15.3. The van der Waals surface area contributed by atoms with Crippen molar-refractivity contribution in [2.75, 3.05) is 13.2 Å². The maximum atomic E-state index is 11.9. The molecular weight excluding hydrogens is 412 g/mol. The van der Waals surface area contributed by atoms with Gasteiger partial charge in [-0.05, 0) is 48.2 Å². The number of carbonyl (C=O) groups is 2. The molecule has 0 aliphatic carbocycles. The summed E-state index contributed by atoms with van der Waals surface area (Å²) in [4.78, 5) is 23.6. The summed E-state index contributed by atoms with van der Waals surface area (Å²) in [5, 5.41) is 0. The average molecular weight is 435 g/mol. The van der Waals surface area contributed by atoms with Crippen LogP contribution in [-0.4, -0.2) is 25.0 Å². The Bertz CT molecular complexity index is 765. The molecule has 0 bridgehead atoms. The van der Waals surface area contributed by atoms with E-state index in [2.05, 4.69) is 40.6 Å². The van der Waals surface area contributed by atoms with Gasteiger partial charge in [-0.1, -0.05) is 48.0 Å². The van der Waals surface area contributed by atoms with Crippen LogP contribution in [0.2, 0.25) is 0 Å². The molecule has 2 rings (SSSR count). The Kier molecular flexibility index (Phi) is 8.13. The Morgan fingerprint density at radius 3 is 2.19 bits per heavy atom. The Labute approximate surface area is 167 Å². The molecule has 2 N–H and O–H groups in total. The zero-order valence-corrected chi connectivity index (χ0v) is 16.9. The molecule has 0 heterocycles. The fraction of sp³-hybridized carbons (Fsp3) is 0.300. The molecule has 2 aromatic carbocycles. The minimum Gasteiger partial charge on any atom is -0.484 e. The Morgan fingerprint density at radius 1 is 0.963 bits per heavy atom. The maximum absolute atomic E-state index is 11.9. The van der Waals surface area contributed by atoms with Crippen LogP contribution in [0.1, 0.15) is 31.7 Å². The maximum Gasteiger partial charge on any atom is 0.276 e. The second kappa shape index (κ2) is 10.6. The second-order valence-electron chi connectivity index (χ2n) is 5.97. The third-order valence-electron chi connectivity index (χ3n) is 3.95. The van der Waals surface area contributed by atoms with E-state index in [-0.39, 0.29) is 13.2 Å². The summed E-state index contributed by atoms with van der Waals surface area (Å²) in [5.74, 6) is 0.647. The molecule has 0 aliphatic heterocycles. The van der Waals surface area contributed by atoms with Crippen LogP contribution in [0.3, 0.4) is 0 Å². The number of halogens is 1. The molecular formula is C20H23BrN2O4. The van der Waals surface area contributed by atoms with Gasteiger partial charge in [-0.25, -0.2) is 0 Å². The van der Waals surface area contributed by atoms with Gasteiger partial charge < -0.3 is 9.47 Å². The molecule has 1 unspecified atom stereocenters. The van der Waals surface area contributed by atoms with E-state index in [4.69, 9.17) is 9.47 Å². The summed E-state index contributed by atoms with van der Waals surface area (Å²) in [5.41, 5.74) is 5.66. The number of hydrazine groups is 1. The van der Waals surface area contributed by atoms with Crippen molar-refractivity contribution in [3.05, 3.63) is 58.6 Å². The van der Waals surface area contributed by atoms with Gasteiger partial charge in [0.05, 0.1) is 0 Å². The Hall–Kier alpha value is -2.54. The lowest BCUT2D eigenvalue weighted by Gasteiger charge is -2.15. The predicted molar refractivity (Wildman–Crippen MR) is 107 cm³/mol. The Morgan fingerprint density at radius 2 is 1.56 bits per heavy atom. The van der Waals surface area contributed by atoms with Crippen LogP contribution < -0.4 is 20.3 Å². The molecule has 0 aromatic heterocycles. The first kappa shape index (κ1) is 20.8. The zero-order chi connectivity index (χ0) is 19.6. The molecule has 6 nitrogen and oxygen atoms in total. The summed E-state index contributed by atoms with van der Waals surface area (Å²) in [6, 6.07) is 14.7. The van der Waals surface area contributed by atoms with Crippen LogP contribution in [0.25, 0.3) is 0 Å². The average Bonchev–Trinajstić information content (AvgIpc) is 2.69. The van der Waals surface area contributed by atoms with Gasteiger partial charge >= 0.3 is 0 Å². The largest absolute Gasteiger partial charge is 0.484 e. The van der Waals surface area contributed by atoms with Crippen molar-refractivity contribution in [3.8, 4) is 11.5 Å². The number of nitrogens with one attached hydrogen (secondary N) is 2. The van der Waals surface area contributed by atoms with Crippen molar-refractivity contribution in [1.29, 1.82) is 0 Å². The van der Waals surface area contributed by atoms with Crippen LogP contribution in [0.4, 0.5) is 0 Å². The van der Waals surface area contributed by atoms with Gasteiger partial charge in [0.1, 0.15) is 11.5 Å². The first-order valence-corrected chi connectivity index (χ1v) is 9.46. The van der Waals surface area contributed by atoms with Crippen molar-refractivity contribution in [3.63, 3.8) is 0 Å². The van der Waals surface area contributed by atoms with Crippen molar-refractivity contribution < 1.29 is 19.1 Å². The number of rotatable bonds is 8. The van der Waals surface area contributed by atoms with Crippen LogP contribution in [0.15, 0.2) is 53.0 Å². The number of ether oxygens (including phenoxy) is 2. The van der Waals surface area contributed by atoms with Crippen LogP contribution >= 0.6 is 15.9 Å². The molecule has 27 heavy (non-hydrogen) atoms. The van der Waals surface area contributed by atoms with Gasteiger partial charge in [0.25, 0.3) is 11.8 Å². The third-order valence-corrected chi connectivity index (χ3v) is 4.47. The molecule has 1 atom stereocenters. The number of hydrogen-bond donors (Lipinski definition) is 2. The highest BCUT2D eigenvalue weighted by atomic mass is 79.9. The van der Waals surface area contributed by atoms with E-state index in [9.17, 15) is 9.59 Å². The summed E-state index contributed by atoms with van der Waals surface area (Å²) >= 11 is 3.32. The third kappa shape index (κ3) is 6.94. The summed E-state index contributed by atoms with van der Waals surface area (Å²) < 4.78 is 11.8. The van der Waals surface area contributed by atoms with Crippen LogP contribution in [-0.2, 0) is 9.59 Å². The molecule has 0 saturated carbocycles. The molecule has 7 heteroatoms. The first-order chi connectivity index (χ1) is 13.0. The van der Waals surface area contributed by atoms with E-state index in [0.717, 1.165) is 16.5 Å². The lowest BCUT2D eigenvalue weighted by Crippen LogP contribution is -2.45. The number of hydrogen-bond acceptors (Lipinski definition) is 4. The normalized spacial score (nSPS) is 11.4.